The smallest absolute Gasteiger partial charge is 0.0993 e. The molecule has 10 aromatic carbocycles. The van der Waals surface area contributed by atoms with Gasteiger partial charge in [-0.2, -0.15) is 52.6 Å². The lowest BCUT2D eigenvalue weighted by Gasteiger charge is -2.21. The summed E-state index contributed by atoms with van der Waals surface area (Å²) in [4.78, 5) is 0. The molecule has 0 unspecified atom stereocenters. The van der Waals surface area contributed by atoms with Crippen molar-refractivity contribution in [2.75, 3.05) is 0 Å². The van der Waals surface area contributed by atoms with E-state index in [0.717, 1.165) is 21.5 Å². The summed E-state index contributed by atoms with van der Waals surface area (Å²) in [6, 6.07) is 76.3. The number of nitriles is 10. The van der Waals surface area contributed by atoms with Crippen molar-refractivity contribution in [1.29, 1.82) is 52.6 Å². The number of benzene rings is 10. The molecule has 82 heavy (non-hydrogen) atoms. The normalized spacial score (nSPS) is 10.6. The molecule has 0 fully saturated rings. The van der Waals surface area contributed by atoms with Crippen molar-refractivity contribution in [2.45, 2.75) is 0 Å². The van der Waals surface area contributed by atoms with Gasteiger partial charge in [0.15, 0.2) is 0 Å². The fourth-order valence-corrected chi connectivity index (χ4v) is 11.0. The molecule has 0 saturated carbocycles. The van der Waals surface area contributed by atoms with E-state index < -0.39 is 0 Å². The van der Waals surface area contributed by atoms with Crippen LogP contribution in [0.1, 0.15) is 55.6 Å². The molecule has 0 saturated heterocycles. The van der Waals surface area contributed by atoms with Crippen LogP contribution in [-0.2, 0) is 0 Å². The first-order valence-electron chi connectivity index (χ1n) is 25.2. The molecule has 0 spiro atoms. The Labute approximate surface area is 468 Å². The minimum atomic E-state index is 0.247. The zero-order valence-corrected chi connectivity index (χ0v) is 42.7. The van der Waals surface area contributed by atoms with Crippen LogP contribution in [0.25, 0.3) is 111 Å². The standard InChI is InChI=1S/C70H30N12/c71-31-41-2-1-3-55(16-41)70-68(81-64-27-51(56-17-42(32-72)12-43(18-56)33-73)4-8-60(64)61-9-5-52(28-65(61)81)57-19-44(34-74)13-45(20-57)35-75)25-50(40-80)26-69(70)82-66-29-53(58-21-46(36-76)14-47(22-58)37-77)6-10-62(66)63-11-7-54(30-67(63)82)59-23-48(38-78)15-49(24-59)39-79/h1-30H. The third kappa shape index (κ3) is 8.44. The average molecular weight is 1040 g/mol. The molecule has 12 aromatic rings. The van der Waals surface area contributed by atoms with E-state index >= 15 is 0 Å². The van der Waals surface area contributed by atoms with E-state index in [1.54, 1.807) is 78.9 Å². The van der Waals surface area contributed by atoms with Crippen LogP contribution in [0.4, 0.5) is 0 Å². The summed E-state index contributed by atoms with van der Waals surface area (Å²) in [7, 11) is 0. The van der Waals surface area contributed by atoms with Gasteiger partial charge in [-0.15, -0.1) is 0 Å². The fourth-order valence-electron chi connectivity index (χ4n) is 11.0. The van der Waals surface area contributed by atoms with E-state index in [4.69, 9.17) is 0 Å². The number of nitrogens with zero attached hydrogens (tertiary/aromatic N) is 12. The second-order valence-corrected chi connectivity index (χ2v) is 19.4. The molecule has 2 heterocycles. The summed E-state index contributed by atoms with van der Waals surface area (Å²) in [5.41, 5.74) is 13.0. The van der Waals surface area contributed by atoms with E-state index in [9.17, 15) is 52.6 Å². The summed E-state index contributed by atoms with van der Waals surface area (Å²) in [5.74, 6) is 0. The van der Waals surface area contributed by atoms with Crippen LogP contribution in [0.2, 0.25) is 0 Å². The van der Waals surface area contributed by atoms with Gasteiger partial charge in [0.1, 0.15) is 0 Å². The molecule has 12 rings (SSSR count). The van der Waals surface area contributed by atoms with Gasteiger partial charge in [0, 0.05) is 27.1 Å². The van der Waals surface area contributed by atoms with Gasteiger partial charge in [0.25, 0.3) is 0 Å². The first kappa shape index (κ1) is 49.6. The Morgan fingerprint density at radius 2 is 0.451 bits per heavy atom. The van der Waals surface area contributed by atoms with Crippen LogP contribution in [0.15, 0.2) is 182 Å². The highest BCUT2D eigenvalue weighted by Crippen LogP contribution is 2.46. The van der Waals surface area contributed by atoms with Crippen LogP contribution in [-0.4, -0.2) is 9.13 Å². The predicted molar refractivity (Wildman–Crippen MR) is 309 cm³/mol. The molecule has 0 bridgehead atoms. The molecule has 0 aliphatic carbocycles. The zero-order valence-electron chi connectivity index (χ0n) is 42.7. The quantitative estimate of drug-likeness (QED) is 0.146. The third-order valence-electron chi connectivity index (χ3n) is 14.6. The Bertz CT molecular complexity index is 4620. The Morgan fingerprint density at radius 3 is 0.707 bits per heavy atom. The van der Waals surface area contributed by atoms with Crippen molar-refractivity contribution >= 4 is 43.6 Å². The number of aromatic nitrogens is 2. The fraction of sp³-hybridized carbons (Fsp3) is 0. The maximum Gasteiger partial charge on any atom is 0.0993 e. The second-order valence-electron chi connectivity index (χ2n) is 19.4. The van der Waals surface area contributed by atoms with Crippen molar-refractivity contribution in [3.8, 4) is 128 Å². The van der Waals surface area contributed by atoms with E-state index in [1.165, 1.54) is 24.3 Å². The molecule has 12 heteroatoms. The largest absolute Gasteiger partial charge is 0.308 e. The number of fused-ring (bicyclic) bond motifs is 6. The van der Waals surface area contributed by atoms with Gasteiger partial charge in [-0.05, 0) is 171 Å². The minimum absolute atomic E-state index is 0.247. The van der Waals surface area contributed by atoms with Crippen molar-refractivity contribution in [1.82, 2.24) is 9.13 Å². The monoisotopic (exact) mass is 1040 g/mol. The zero-order chi connectivity index (χ0) is 56.8. The highest BCUT2D eigenvalue weighted by atomic mass is 15.0. The molecule has 0 atom stereocenters. The van der Waals surface area contributed by atoms with Gasteiger partial charge in [0.05, 0.1) is 150 Å². The summed E-state index contributed by atoms with van der Waals surface area (Å²) >= 11 is 0. The average Bonchev–Trinajstić information content (AvgIpc) is 2.27. The van der Waals surface area contributed by atoms with Crippen molar-refractivity contribution in [3.63, 3.8) is 0 Å². The molecular formula is C70H30N12. The lowest BCUT2D eigenvalue weighted by molar-refractivity contribution is 1.13. The summed E-state index contributed by atoms with van der Waals surface area (Å²) in [6.45, 7) is 0. The van der Waals surface area contributed by atoms with Gasteiger partial charge in [0.2, 0.25) is 0 Å². The van der Waals surface area contributed by atoms with Crippen molar-refractivity contribution in [2.24, 2.45) is 0 Å². The van der Waals surface area contributed by atoms with Gasteiger partial charge >= 0.3 is 0 Å². The molecule has 0 N–H and O–H groups in total. The van der Waals surface area contributed by atoms with E-state index in [0.29, 0.717) is 139 Å². The molecule has 370 valence electrons. The molecule has 0 amide bonds. The molecule has 2 aromatic heterocycles. The predicted octanol–water partition coefficient (Wildman–Crippen LogP) is 14.9. The highest BCUT2D eigenvalue weighted by Gasteiger charge is 2.25. The first-order chi connectivity index (χ1) is 40.1. The molecule has 0 aliphatic rings. The van der Waals surface area contributed by atoms with Crippen LogP contribution < -0.4 is 0 Å². The molecular weight excluding hydrogens is 1010 g/mol. The van der Waals surface area contributed by atoms with Gasteiger partial charge in [-0.3, -0.25) is 0 Å². The summed E-state index contributed by atoms with van der Waals surface area (Å²) < 4.78 is 4.10. The molecule has 0 radical (unpaired) electrons. The summed E-state index contributed by atoms with van der Waals surface area (Å²) in [5, 5.41) is 106. The Kier molecular flexibility index (Phi) is 12.1. The van der Waals surface area contributed by atoms with Gasteiger partial charge in [-0.25, -0.2) is 0 Å². The maximum atomic E-state index is 11.3. The van der Waals surface area contributed by atoms with E-state index in [2.05, 4.69) is 60.7 Å². The number of hydrogen-bond acceptors (Lipinski definition) is 10. The Hall–Kier alpha value is -13.3. The maximum absolute atomic E-state index is 11.3. The first-order valence-corrected chi connectivity index (χ1v) is 25.2. The molecule has 0 aliphatic heterocycles. The number of hydrogen-bond donors (Lipinski definition) is 0. The lowest BCUT2D eigenvalue weighted by atomic mass is 9.96. The molecule has 12 nitrogen and oxygen atoms in total. The lowest BCUT2D eigenvalue weighted by Crippen LogP contribution is -2.05. The minimum Gasteiger partial charge on any atom is -0.308 e. The van der Waals surface area contributed by atoms with Crippen molar-refractivity contribution in [3.05, 3.63) is 238 Å². The SMILES string of the molecule is N#Cc1cc(C#N)cc(-c2ccc3c4ccc(-c5cc(C#N)cc(C#N)c5)cc4n(-c4cc(C#N)cc(-n5c6cc(-c7cc(C#N)cc(C#N)c7)ccc6c6ccc(-c7cc(C#N)cc(C#N)c7)cc65)c4-c4cccc(C#N)c4)c3c2)c1. The topological polar surface area (TPSA) is 248 Å². The highest BCUT2D eigenvalue weighted by molar-refractivity contribution is 6.14. The Balaban J connectivity index is 1.27. The van der Waals surface area contributed by atoms with E-state index in [1.807, 2.05) is 88.0 Å². The van der Waals surface area contributed by atoms with Crippen LogP contribution >= 0.6 is 0 Å². The van der Waals surface area contributed by atoms with Crippen LogP contribution in [0, 0.1) is 113 Å². The number of rotatable bonds is 7. The van der Waals surface area contributed by atoms with E-state index in [-0.39, 0.29) is 5.56 Å². The van der Waals surface area contributed by atoms with Crippen LogP contribution in [0.5, 0.6) is 0 Å². The Morgan fingerprint density at radius 1 is 0.207 bits per heavy atom. The van der Waals surface area contributed by atoms with Crippen molar-refractivity contribution < 1.29 is 0 Å². The van der Waals surface area contributed by atoms with Crippen LogP contribution in [0.3, 0.4) is 0 Å². The van der Waals surface area contributed by atoms with Gasteiger partial charge in [-0.1, -0.05) is 60.7 Å². The third-order valence-corrected chi connectivity index (χ3v) is 14.6. The van der Waals surface area contributed by atoms with Gasteiger partial charge < -0.3 is 9.13 Å². The second kappa shape index (κ2) is 20.0. The summed E-state index contributed by atoms with van der Waals surface area (Å²) in [6.07, 6.45) is 0.